The van der Waals surface area contributed by atoms with E-state index in [-0.39, 0.29) is 0 Å². The summed E-state index contributed by atoms with van der Waals surface area (Å²) in [5.41, 5.74) is 4.45. The van der Waals surface area contributed by atoms with Crippen molar-refractivity contribution in [3.63, 3.8) is 0 Å². The Hall–Kier alpha value is -2.50. The van der Waals surface area contributed by atoms with Gasteiger partial charge in [-0.15, -0.1) is 10.2 Å². The van der Waals surface area contributed by atoms with Crippen molar-refractivity contribution in [3.05, 3.63) is 71.0 Å². The molecule has 0 saturated carbocycles. The van der Waals surface area contributed by atoms with Crippen LogP contribution in [0.25, 0.3) is 11.4 Å². The van der Waals surface area contributed by atoms with Crippen molar-refractivity contribution >= 4 is 0 Å². The number of aryl methyl sites for hydroxylation is 2. The Morgan fingerprint density at radius 3 is 2.46 bits per heavy atom. The first kappa shape index (κ1) is 16.9. The topological polar surface area (TPSA) is 54.2 Å². The highest BCUT2D eigenvalue weighted by molar-refractivity contribution is 5.55. The van der Waals surface area contributed by atoms with Crippen LogP contribution in [0.4, 0.5) is 0 Å². The van der Waals surface area contributed by atoms with Gasteiger partial charge in [0.1, 0.15) is 5.82 Å². The van der Waals surface area contributed by atoms with Crippen molar-refractivity contribution in [2.75, 3.05) is 13.1 Å². The van der Waals surface area contributed by atoms with Crippen molar-refractivity contribution < 1.29 is 5.11 Å². The van der Waals surface area contributed by atoms with Crippen LogP contribution in [0.2, 0.25) is 0 Å². The van der Waals surface area contributed by atoms with Crippen LogP contribution in [0.1, 0.15) is 28.6 Å². The van der Waals surface area contributed by atoms with E-state index in [1.54, 1.807) is 0 Å². The molecule has 134 valence electrons. The summed E-state index contributed by atoms with van der Waals surface area (Å²) < 4.78 is 2.19. The summed E-state index contributed by atoms with van der Waals surface area (Å²) >= 11 is 0. The van der Waals surface area contributed by atoms with E-state index in [1.807, 2.05) is 18.2 Å². The van der Waals surface area contributed by atoms with Crippen LogP contribution in [-0.4, -0.2) is 37.9 Å². The highest BCUT2D eigenvalue weighted by Crippen LogP contribution is 2.24. The fraction of sp³-hybridized carbons (Fsp3) is 0.333. The largest absolute Gasteiger partial charge is 0.387 e. The molecule has 2 aromatic carbocycles. The monoisotopic (exact) mass is 348 g/mol. The van der Waals surface area contributed by atoms with E-state index in [1.165, 1.54) is 11.1 Å². The van der Waals surface area contributed by atoms with Crippen molar-refractivity contribution in [2.45, 2.75) is 33.0 Å². The SMILES string of the molecule is Cc1cc(C)cc(C(O)CN2CCn3c(nnc3-c3ccccc3)C2)c1. The minimum absolute atomic E-state index is 0.489. The molecule has 1 aliphatic heterocycles. The van der Waals surface area contributed by atoms with Crippen molar-refractivity contribution in [3.8, 4) is 11.4 Å². The molecule has 0 radical (unpaired) electrons. The molecular weight excluding hydrogens is 324 g/mol. The summed E-state index contributed by atoms with van der Waals surface area (Å²) in [7, 11) is 0. The van der Waals surface area contributed by atoms with Gasteiger partial charge in [-0.05, 0) is 19.4 Å². The van der Waals surface area contributed by atoms with Crippen molar-refractivity contribution in [1.82, 2.24) is 19.7 Å². The van der Waals surface area contributed by atoms with Gasteiger partial charge in [0.05, 0.1) is 12.6 Å². The maximum absolute atomic E-state index is 10.7. The van der Waals surface area contributed by atoms with Crippen LogP contribution in [0.15, 0.2) is 48.5 Å². The molecule has 0 saturated heterocycles. The quantitative estimate of drug-likeness (QED) is 0.787. The zero-order chi connectivity index (χ0) is 18.1. The van der Waals surface area contributed by atoms with Gasteiger partial charge in [0.2, 0.25) is 0 Å². The zero-order valence-corrected chi connectivity index (χ0v) is 15.3. The summed E-state index contributed by atoms with van der Waals surface area (Å²) in [5, 5.41) is 19.4. The Balaban J connectivity index is 1.48. The molecule has 1 aromatic heterocycles. The molecule has 0 amide bonds. The van der Waals surface area contributed by atoms with Gasteiger partial charge in [-0.25, -0.2) is 0 Å². The predicted octanol–water partition coefficient (Wildman–Crippen LogP) is 3.11. The van der Waals surface area contributed by atoms with Gasteiger partial charge in [0.25, 0.3) is 0 Å². The number of aromatic nitrogens is 3. The highest BCUT2D eigenvalue weighted by atomic mass is 16.3. The number of β-amino-alcohol motifs (C(OH)–C–C–N with tert-alkyl or cyclic N) is 1. The minimum Gasteiger partial charge on any atom is -0.387 e. The Morgan fingerprint density at radius 1 is 1.00 bits per heavy atom. The van der Waals surface area contributed by atoms with Crippen molar-refractivity contribution in [1.29, 1.82) is 0 Å². The summed E-state index contributed by atoms with van der Waals surface area (Å²) in [6.07, 6.45) is -0.489. The predicted molar refractivity (Wildman–Crippen MR) is 102 cm³/mol. The normalized spacial score (nSPS) is 15.7. The van der Waals surface area contributed by atoms with Crippen LogP contribution < -0.4 is 0 Å². The summed E-state index contributed by atoms with van der Waals surface area (Å²) in [4.78, 5) is 2.25. The van der Waals surface area contributed by atoms with Crippen LogP contribution in [-0.2, 0) is 13.1 Å². The molecule has 1 unspecified atom stereocenters. The molecule has 26 heavy (non-hydrogen) atoms. The van der Waals surface area contributed by atoms with Crippen LogP contribution in [0.3, 0.4) is 0 Å². The number of rotatable bonds is 4. The van der Waals surface area contributed by atoms with Gasteiger partial charge in [-0.1, -0.05) is 59.7 Å². The van der Waals surface area contributed by atoms with Crippen molar-refractivity contribution in [2.24, 2.45) is 0 Å². The van der Waals surface area contributed by atoms with Gasteiger partial charge in [-0.3, -0.25) is 4.90 Å². The second-order valence-electron chi connectivity index (χ2n) is 7.13. The fourth-order valence-corrected chi connectivity index (χ4v) is 3.72. The second-order valence-corrected chi connectivity index (χ2v) is 7.13. The molecule has 1 atom stereocenters. The molecule has 3 aromatic rings. The average Bonchev–Trinajstić information content (AvgIpc) is 3.05. The molecule has 1 aliphatic rings. The third-order valence-corrected chi connectivity index (χ3v) is 4.92. The third-order valence-electron chi connectivity index (χ3n) is 4.92. The lowest BCUT2D eigenvalue weighted by Gasteiger charge is -2.29. The number of aliphatic hydroxyl groups excluding tert-OH is 1. The van der Waals surface area contributed by atoms with Gasteiger partial charge >= 0.3 is 0 Å². The molecule has 0 fully saturated rings. The first-order valence-corrected chi connectivity index (χ1v) is 9.06. The van der Waals surface area contributed by atoms with Gasteiger partial charge in [0.15, 0.2) is 5.82 Å². The number of hydrogen-bond acceptors (Lipinski definition) is 4. The Kier molecular flexibility index (Phi) is 4.57. The standard InChI is InChI=1S/C21H24N4O/c1-15-10-16(2)12-18(11-15)19(26)13-24-8-9-25-20(14-24)22-23-21(25)17-6-4-3-5-7-17/h3-7,10-12,19,26H,8-9,13-14H2,1-2H3. The van der Waals surface area contributed by atoms with E-state index in [9.17, 15) is 5.11 Å². The Morgan fingerprint density at radius 2 is 1.73 bits per heavy atom. The van der Waals surface area contributed by atoms with E-state index >= 15 is 0 Å². The maximum Gasteiger partial charge on any atom is 0.164 e. The maximum atomic E-state index is 10.7. The Labute approximate surface area is 153 Å². The number of hydrogen-bond donors (Lipinski definition) is 1. The lowest BCUT2D eigenvalue weighted by molar-refractivity contribution is 0.0963. The number of nitrogens with zero attached hydrogens (tertiary/aromatic N) is 4. The number of benzene rings is 2. The number of fused-ring (bicyclic) bond motifs is 1. The van der Waals surface area contributed by atoms with E-state index in [0.29, 0.717) is 13.1 Å². The lowest BCUT2D eigenvalue weighted by Crippen LogP contribution is -2.36. The molecule has 4 rings (SSSR count). The van der Waals surface area contributed by atoms with Gasteiger partial charge in [-0.2, -0.15) is 0 Å². The van der Waals surface area contributed by atoms with E-state index < -0.39 is 6.10 Å². The molecular formula is C21H24N4O. The molecule has 0 aliphatic carbocycles. The highest BCUT2D eigenvalue weighted by Gasteiger charge is 2.23. The van der Waals surface area contributed by atoms with Gasteiger partial charge < -0.3 is 9.67 Å². The molecule has 2 heterocycles. The number of aliphatic hydroxyl groups is 1. The Bertz CT molecular complexity index is 883. The third kappa shape index (κ3) is 3.41. The zero-order valence-electron chi connectivity index (χ0n) is 15.3. The summed E-state index contributed by atoms with van der Waals surface area (Å²) in [6.45, 7) is 7.17. The minimum atomic E-state index is -0.489. The second kappa shape index (κ2) is 7.02. The molecule has 0 bridgehead atoms. The van der Waals surface area contributed by atoms with Crippen LogP contribution in [0, 0.1) is 13.8 Å². The first-order chi connectivity index (χ1) is 12.6. The average molecular weight is 348 g/mol. The molecule has 1 N–H and O–H groups in total. The summed E-state index contributed by atoms with van der Waals surface area (Å²) in [6, 6.07) is 16.4. The smallest absolute Gasteiger partial charge is 0.164 e. The van der Waals surface area contributed by atoms with Crippen LogP contribution >= 0.6 is 0 Å². The van der Waals surface area contributed by atoms with Crippen LogP contribution in [0.5, 0.6) is 0 Å². The van der Waals surface area contributed by atoms with E-state index in [0.717, 1.165) is 35.9 Å². The summed E-state index contributed by atoms with van der Waals surface area (Å²) in [5.74, 6) is 1.89. The first-order valence-electron chi connectivity index (χ1n) is 9.06. The van der Waals surface area contributed by atoms with Gasteiger partial charge in [0, 0.05) is 25.2 Å². The molecule has 5 nitrogen and oxygen atoms in total. The van der Waals surface area contributed by atoms with E-state index in [4.69, 9.17) is 0 Å². The van der Waals surface area contributed by atoms with E-state index in [2.05, 4.69) is 63.8 Å². The lowest BCUT2D eigenvalue weighted by atomic mass is 10.0. The molecule has 5 heteroatoms. The fourth-order valence-electron chi connectivity index (χ4n) is 3.72. The molecule has 0 spiro atoms.